The summed E-state index contributed by atoms with van der Waals surface area (Å²) >= 11 is 1.37. The summed E-state index contributed by atoms with van der Waals surface area (Å²) < 4.78 is 41.5. The molecule has 0 aliphatic carbocycles. The number of nitrogens with zero attached hydrogens (tertiary/aromatic N) is 2. The van der Waals surface area contributed by atoms with Crippen LogP contribution < -0.4 is 10.2 Å². The maximum Gasteiger partial charge on any atom is 0.261 e. The zero-order chi connectivity index (χ0) is 23.7. The van der Waals surface area contributed by atoms with Gasteiger partial charge in [-0.2, -0.15) is 0 Å². The van der Waals surface area contributed by atoms with Crippen LogP contribution >= 0.6 is 11.3 Å². The number of amides is 1. The fourth-order valence-corrected chi connectivity index (χ4v) is 6.31. The molecular formula is C25H22FN3O3S2. The Morgan fingerprint density at radius 3 is 2.53 bits per heavy atom. The van der Waals surface area contributed by atoms with Gasteiger partial charge >= 0.3 is 0 Å². The standard InChI is InChI=1S/C25H22FN3O3S2/c26-19-12-20(29-9-1-2-10-29)14-22(13-19)34(31,32)21-5-3-17(4-6-21)15-28-25(30)23-11-18-7-8-27-16-24(18)33-23/h3-8,11-14,16H,1-2,9-10,15H2,(H,28,30). The molecule has 9 heteroatoms. The summed E-state index contributed by atoms with van der Waals surface area (Å²) in [5, 5.41) is 3.82. The van der Waals surface area contributed by atoms with Gasteiger partial charge in [-0.3, -0.25) is 9.78 Å². The van der Waals surface area contributed by atoms with Crippen LogP contribution in [-0.4, -0.2) is 32.4 Å². The molecule has 1 amide bonds. The monoisotopic (exact) mass is 495 g/mol. The van der Waals surface area contributed by atoms with Crippen molar-refractivity contribution < 1.29 is 17.6 Å². The van der Waals surface area contributed by atoms with Crippen molar-refractivity contribution in [2.75, 3.05) is 18.0 Å². The van der Waals surface area contributed by atoms with Crippen LogP contribution in [0.2, 0.25) is 0 Å². The zero-order valence-corrected chi connectivity index (χ0v) is 19.8. The van der Waals surface area contributed by atoms with Gasteiger partial charge in [-0.25, -0.2) is 12.8 Å². The van der Waals surface area contributed by atoms with Crippen LogP contribution in [-0.2, 0) is 16.4 Å². The lowest BCUT2D eigenvalue weighted by atomic mass is 10.2. The first kappa shape index (κ1) is 22.5. The number of nitrogens with one attached hydrogen (secondary N) is 1. The number of benzene rings is 2. The molecule has 0 atom stereocenters. The number of halogens is 1. The second-order valence-corrected chi connectivity index (χ2v) is 11.2. The molecule has 1 N–H and O–H groups in total. The van der Waals surface area contributed by atoms with E-state index in [2.05, 4.69) is 10.3 Å². The van der Waals surface area contributed by atoms with Gasteiger partial charge in [0.25, 0.3) is 5.91 Å². The summed E-state index contributed by atoms with van der Waals surface area (Å²) in [6, 6.07) is 13.9. The number of hydrogen-bond donors (Lipinski definition) is 1. The summed E-state index contributed by atoms with van der Waals surface area (Å²) in [5.41, 5.74) is 1.35. The average Bonchev–Trinajstić information content (AvgIpc) is 3.53. The van der Waals surface area contributed by atoms with E-state index in [0.717, 1.165) is 47.6 Å². The first-order valence-corrected chi connectivity index (χ1v) is 13.2. The quantitative estimate of drug-likeness (QED) is 0.416. The van der Waals surface area contributed by atoms with Gasteiger partial charge < -0.3 is 10.2 Å². The highest BCUT2D eigenvalue weighted by atomic mass is 32.2. The molecule has 5 rings (SSSR count). The largest absolute Gasteiger partial charge is 0.371 e. The van der Waals surface area contributed by atoms with Gasteiger partial charge in [-0.15, -0.1) is 11.3 Å². The third-order valence-electron chi connectivity index (χ3n) is 5.87. The Morgan fingerprint density at radius 2 is 1.79 bits per heavy atom. The summed E-state index contributed by atoms with van der Waals surface area (Å²) in [6.07, 6.45) is 5.43. The van der Waals surface area contributed by atoms with Gasteiger partial charge in [0, 0.05) is 37.7 Å². The Kier molecular flexibility index (Phi) is 6.05. The van der Waals surface area contributed by atoms with Crippen LogP contribution in [0.15, 0.2) is 76.8 Å². The second kappa shape index (κ2) is 9.15. The molecule has 0 saturated carbocycles. The van der Waals surface area contributed by atoms with E-state index in [1.807, 2.05) is 17.0 Å². The Bertz CT molecular complexity index is 1430. The highest BCUT2D eigenvalue weighted by Gasteiger charge is 2.22. The molecule has 0 radical (unpaired) electrons. The van der Waals surface area contributed by atoms with Gasteiger partial charge in [0.1, 0.15) is 5.82 Å². The molecule has 1 aliphatic heterocycles. The van der Waals surface area contributed by atoms with Crippen molar-refractivity contribution in [3.05, 3.63) is 83.2 Å². The minimum atomic E-state index is -3.88. The van der Waals surface area contributed by atoms with Crippen molar-refractivity contribution in [2.45, 2.75) is 29.2 Å². The number of hydrogen-bond acceptors (Lipinski definition) is 6. The van der Waals surface area contributed by atoms with Crippen molar-refractivity contribution in [3.63, 3.8) is 0 Å². The fourth-order valence-electron chi connectivity index (χ4n) is 4.05. The number of carbonyl (C=O) groups excluding carboxylic acids is 1. The third kappa shape index (κ3) is 4.53. The molecule has 2 aromatic heterocycles. The third-order valence-corrected chi connectivity index (χ3v) is 8.70. The van der Waals surface area contributed by atoms with Gasteiger partial charge in [0.15, 0.2) is 0 Å². The summed E-state index contributed by atoms with van der Waals surface area (Å²) in [5.74, 6) is -0.772. The van der Waals surface area contributed by atoms with E-state index in [4.69, 9.17) is 0 Å². The molecule has 4 aromatic rings. The first-order chi connectivity index (χ1) is 16.4. The smallest absolute Gasteiger partial charge is 0.261 e. The van der Waals surface area contributed by atoms with Crippen molar-refractivity contribution in [1.29, 1.82) is 0 Å². The van der Waals surface area contributed by atoms with Crippen LogP contribution in [0, 0.1) is 5.82 Å². The molecule has 1 aliphatic rings. The van der Waals surface area contributed by atoms with E-state index in [1.54, 1.807) is 30.6 Å². The Balaban J connectivity index is 1.30. The van der Waals surface area contributed by atoms with E-state index in [-0.39, 0.29) is 22.2 Å². The number of pyridine rings is 1. The van der Waals surface area contributed by atoms with Crippen molar-refractivity contribution in [2.24, 2.45) is 0 Å². The molecule has 0 bridgehead atoms. The molecule has 174 valence electrons. The normalized spacial score (nSPS) is 14.0. The van der Waals surface area contributed by atoms with Crippen LogP contribution in [0.4, 0.5) is 10.1 Å². The molecular weight excluding hydrogens is 473 g/mol. The van der Waals surface area contributed by atoms with Gasteiger partial charge in [-0.05, 0) is 66.3 Å². The second-order valence-electron chi connectivity index (χ2n) is 8.19. The number of anilines is 1. The van der Waals surface area contributed by atoms with Gasteiger partial charge in [0.2, 0.25) is 9.84 Å². The maximum atomic E-state index is 14.2. The van der Waals surface area contributed by atoms with E-state index in [0.29, 0.717) is 10.6 Å². The Labute approximate surface area is 201 Å². The average molecular weight is 496 g/mol. The number of carbonyl (C=O) groups is 1. The first-order valence-electron chi connectivity index (χ1n) is 10.9. The minimum Gasteiger partial charge on any atom is -0.371 e. The molecule has 6 nitrogen and oxygen atoms in total. The van der Waals surface area contributed by atoms with Crippen LogP contribution in [0.3, 0.4) is 0 Å². The van der Waals surface area contributed by atoms with E-state index in [1.165, 1.54) is 29.5 Å². The fraction of sp³-hybridized carbons (Fsp3) is 0.200. The Hall–Kier alpha value is -3.30. The number of sulfone groups is 1. The van der Waals surface area contributed by atoms with Crippen LogP contribution in [0.5, 0.6) is 0 Å². The number of fused-ring (bicyclic) bond motifs is 1. The van der Waals surface area contributed by atoms with E-state index in [9.17, 15) is 17.6 Å². The summed E-state index contributed by atoms with van der Waals surface area (Å²) in [4.78, 5) is 19.2. The van der Waals surface area contributed by atoms with Crippen LogP contribution in [0.1, 0.15) is 28.1 Å². The SMILES string of the molecule is O=C(NCc1ccc(S(=O)(=O)c2cc(F)cc(N3CCCC3)c2)cc1)c1cc2ccncc2s1. The zero-order valence-electron chi connectivity index (χ0n) is 18.2. The highest BCUT2D eigenvalue weighted by molar-refractivity contribution is 7.91. The van der Waals surface area contributed by atoms with E-state index < -0.39 is 15.7 Å². The predicted octanol–water partition coefficient (Wildman–Crippen LogP) is 4.80. The predicted molar refractivity (Wildman–Crippen MR) is 131 cm³/mol. The van der Waals surface area contributed by atoms with Crippen molar-refractivity contribution in [3.8, 4) is 0 Å². The highest BCUT2D eigenvalue weighted by Crippen LogP contribution is 2.29. The molecule has 2 aromatic carbocycles. The Morgan fingerprint density at radius 1 is 1.03 bits per heavy atom. The lowest BCUT2D eigenvalue weighted by molar-refractivity contribution is 0.0955. The van der Waals surface area contributed by atoms with Gasteiger partial charge in [-0.1, -0.05) is 12.1 Å². The number of thiophene rings is 1. The topological polar surface area (TPSA) is 79.4 Å². The molecule has 1 saturated heterocycles. The number of aromatic nitrogens is 1. The van der Waals surface area contributed by atoms with E-state index >= 15 is 0 Å². The molecule has 1 fully saturated rings. The lowest BCUT2D eigenvalue weighted by Gasteiger charge is -2.18. The number of rotatable bonds is 6. The molecule has 0 unspecified atom stereocenters. The molecule has 0 spiro atoms. The molecule has 34 heavy (non-hydrogen) atoms. The van der Waals surface area contributed by atoms with Gasteiger partial charge in [0.05, 0.1) is 19.4 Å². The van der Waals surface area contributed by atoms with Crippen molar-refractivity contribution >= 4 is 42.9 Å². The van der Waals surface area contributed by atoms with Crippen LogP contribution in [0.25, 0.3) is 10.1 Å². The molecule has 3 heterocycles. The summed E-state index contributed by atoms with van der Waals surface area (Å²) in [6.45, 7) is 1.84. The maximum absolute atomic E-state index is 14.2. The lowest BCUT2D eigenvalue weighted by Crippen LogP contribution is -2.21. The summed E-state index contributed by atoms with van der Waals surface area (Å²) in [7, 11) is -3.88. The van der Waals surface area contributed by atoms with Crippen molar-refractivity contribution in [1.82, 2.24) is 10.3 Å². The minimum absolute atomic E-state index is 0.0605.